The molecule has 0 amide bonds. The van der Waals surface area contributed by atoms with Gasteiger partial charge in [-0.05, 0) is 42.5 Å². The van der Waals surface area contributed by atoms with Crippen LogP contribution in [0.3, 0.4) is 0 Å². The van der Waals surface area contributed by atoms with E-state index in [1.807, 2.05) is 0 Å². The molecule has 5 rings (SSSR count). The smallest absolute Gasteiger partial charge is 0.338 e. The number of benzene rings is 3. The molecule has 1 fully saturated rings. The number of rotatable bonds is 8. The number of carbonyl (C=O) groups excluding carboxylic acids is 3. The molecule has 1 aromatic heterocycles. The molecule has 0 saturated carbocycles. The zero-order chi connectivity index (χ0) is 27.9. The fraction of sp³-hybridized carbons (Fsp3) is 0.167. The monoisotopic (exact) mass is 540 g/mol. The van der Waals surface area contributed by atoms with Crippen molar-refractivity contribution in [2.45, 2.75) is 24.4 Å². The van der Waals surface area contributed by atoms with Crippen molar-refractivity contribution in [3.63, 3.8) is 0 Å². The Bertz CT molecular complexity index is 1470. The number of hydrogen-bond acceptors (Lipinski definition) is 9. The largest absolute Gasteiger partial charge is 0.594 e. The number of carbonyl (C=O) groups is 3. The van der Waals surface area contributed by atoms with E-state index in [2.05, 4.69) is 5.10 Å². The standard InChI is InChI=1S/C30H24N2O8/c33-28(20-11-4-1-5-12-20)37-19-24-26(39-29(34)21-13-6-2-7-14-21)27(40-30(35)22-15-8-3-9-16-22)25(38-24)23-17-10-18-32(36)31-23/h1-18,24-27H,19H2/t24-,25+,26-,27+/m1/s1. The Kier molecular flexibility index (Phi) is 8.07. The summed E-state index contributed by atoms with van der Waals surface area (Å²) in [5.74, 6) is -2.02. The van der Waals surface area contributed by atoms with Crippen LogP contribution in [0, 0.1) is 5.21 Å². The van der Waals surface area contributed by atoms with E-state index in [1.54, 1.807) is 91.0 Å². The first-order chi connectivity index (χ1) is 19.5. The Hall–Kier alpha value is -5.09. The zero-order valence-electron chi connectivity index (χ0n) is 21.1. The minimum atomic E-state index is -1.23. The molecule has 4 atom stereocenters. The fourth-order valence-electron chi connectivity index (χ4n) is 4.27. The van der Waals surface area contributed by atoms with Crippen LogP contribution in [0.5, 0.6) is 0 Å². The quantitative estimate of drug-likeness (QED) is 0.143. The first kappa shape index (κ1) is 26.5. The number of ether oxygens (including phenoxy) is 4. The number of aromatic nitrogens is 2. The van der Waals surface area contributed by atoms with Gasteiger partial charge in [-0.1, -0.05) is 59.4 Å². The molecule has 0 unspecified atom stereocenters. The van der Waals surface area contributed by atoms with E-state index < -0.39 is 42.3 Å². The van der Waals surface area contributed by atoms with Gasteiger partial charge < -0.3 is 24.2 Å². The van der Waals surface area contributed by atoms with Gasteiger partial charge in [0.2, 0.25) is 6.20 Å². The van der Waals surface area contributed by atoms with Gasteiger partial charge in [-0.3, -0.25) is 0 Å². The van der Waals surface area contributed by atoms with E-state index >= 15 is 0 Å². The van der Waals surface area contributed by atoms with E-state index in [-0.39, 0.29) is 23.4 Å². The maximum atomic E-state index is 13.1. The lowest BCUT2D eigenvalue weighted by Crippen LogP contribution is -2.41. The van der Waals surface area contributed by atoms with Gasteiger partial charge >= 0.3 is 17.9 Å². The number of nitrogens with zero attached hydrogens (tertiary/aromatic N) is 2. The minimum absolute atomic E-state index is 0.140. The molecule has 1 aliphatic heterocycles. The molecule has 2 heterocycles. The van der Waals surface area contributed by atoms with Gasteiger partial charge in [0.25, 0.3) is 0 Å². The zero-order valence-corrected chi connectivity index (χ0v) is 21.1. The summed E-state index contributed by atoms with van der Waals surface area (Å²) < 4.78 is 23.3. The molecule has 40 heavy (non-hydrogen) atoms. The van der Waals surface area contributed by atoms with Gasteiger partial charge in [0.15, 0.2) is 12.2 Å². The van der Waals surface area contributed by atoms with Crippen LogP contribution in [0.25, 0.3) is 0 Å². The lowest BCUT2D eigenvalue weighted by Gasteiger charge is -2.24. The Balaban J connectivity index is 1.47. The van der Waals surface area contributed by atoms with Gasteiger partial charge in [-0.15, -0.1) is 0 Å². The summed E-state index contributed by atoms with van der Waals surface area (Å²) in [5.41, 5.74) is 0.975. The maximum absolute atomic E-state index is 13.1. The van der Waals surface area contributed by atoms with Crippen LogP contribution in [0.1, 0.15) is 42.9 Å². The molecule has 202 valence electrons. The molecule has 1 saturated heterocycles. The van der Waals surface area contributed by atoms with Crippen molar-refractivity contribution in [1.82, 2.24) is 5.10 Å². The van der Waals surface area contributed by atoms with Gasteiger partial charge in [0.05, 0.1) is 16.7 Å². The van der Waals surface area contributed by atoms with Crippen LogP contribution in [-0.2, 0) is 18.9 Å². The van der Waals surface area contributed by atoms with E-state index in [0.29, 0.717) is 10.4 Å². The minimum Gasteiger partial charge on any atom is -0.594 e. The highest BCUT2D eigenvalue weighted by Gasteiger charge is 2.52. The van der Waals surface area contributed by atoms with Crippen molar-refractivity contribution in [3.8, 4) is 0 Å². The van der Waals surface area contributed by atoms with Gasteiger partial charge in [0, 0.05) is 11.2 Å². The molecule has 0 radical (unpaired) electrons. The Labute approximate surface area is 229 Å². The summed E-state index contributed by atoms with van der Waals surface area (Å²) in [7, 11) is 0. The Morgan fingerprint density at radius 1 is 0.700 bits per heavy atom. The molecule has 3 aromatic carbocycles. The third kappa shape index (κ3) is 6.13. The van der Waals surface area contributed by atoms with Gasteiger partial charge in [-0.2, -0.15) is 0 Å². The summed E-state index contributed by atoms with van der Waals surface area (Å²) in [6.07, 6.45) is -3.41. The molecular formula is C30H24N2O8. The highest BCUT2D eigenvalue weighted by molar-refractivity contribution is 5.91. The highest BCUT2D eigenvalue weighted by Crippen LogP contribution is 2.37. The van der Waals surface area contributed by atoms with Gasteiger partial charge in [0.1, 0.15) is 24.5 Å². The molecule has 0 aliphatic carbocycles. The molecule has 1 aliphatic rings. The average Bonchev–Trinajstić information content (AvgIpc) is 3.33. The van der Waals surface area contributed by atoms with E-state index in [9.17, 15) is 19.6 Å². The van der Waals surface area contributed by atoms with Crippen molar-refractivity contribution >= 4 is 17.9 Å². The molecule has 10 nitrogen and oxygen atoms in total. The SMILES string of the molecule is O=C(OC[C@H]1O[C@@H](c2ccc[n+]([O-])n2)[C@H](OC(=O)c2ccccc2)[C@@H]1OC(=O)c1ccccc1)c1ccccc1. The normalized spacial score (nSPS) is 19.9. The van der Waals surface area contributed by atoms with Gasteiger partial charge in [-0.25, -0.2) is 14.4 Å². The van der Waals surface area contributed by atoms with Crippen molar-refractivity contribution in [1.29, 1.82) is 0 Å². The lowest BCUT2D eigenvalue weighted by molar-refractivity contribution is -0.670. The number of hydrogen-bond donors (Lipinski definition) is 0. The summed E-state index contributed by atoms with van der Waals surface area (Å²) in [4.78, 5) is 39.2. The molecule has 0 spiro atoms. The van der Waals surface area contributed by atoms with Crippen molar-refractivity contribution < 1.29 is 38.2 Å². The van der Waals surface area contributed by atoms with Crippen molar-refractivity contribution in [2.75, 3.05) is 6.61 Å². The van der Waals surface area contributed by atoms with Crippen LogP contribution in [-0.4, -0.2) is 47.9 Å². The Morgan fingerprint density at radius 2 is 1.20 bits per heavy atom. The van der Waals surface area contributed by atoms with Crippen molar-refractivity contribution in [2.24, 2.45) is 0 Å². The molecule has 0 bridgehead atoms. The highest BCUT2D eigenvalue weighted by atomic mass is 16.7. The molecular weight excluding hydrogens is 516 g/mol. The molecule has 0 N–H and O–H groups in total. The van der Waals surface area contributed by atoms with Crippen LogP contribution in [0.2, 0.25) is 0 Å². The van der Waals surface area contributed by atoms with E-state index in [0.717, 1.165) is 0 Å². The third-order valence-electron chi connectivity index (χ3n) is 6.19. The maximum Gasteiger partial charge on any atom is 0.338 e. The second-order valence-corrected chi connectivity index (χ2v) is 8.87. The third-order valence-corrected chi connectivity index (χ3v) is 6.19. The predicted octanol–water partition coefficient (Wildman–Crippen LogP) is 3.46. The summed E-state index contributed by atoms with van der Waals surface area (Å²) in [6.45, 7) is -0.333. The first-order valence-electron chi connectivity index (χ1n) is 12.5. The Morgan fingerprint density at radius 3 is 1.73 bits per heavy atom. The molecule has 10 heteroatoms. The summed E-state index contributed by atoms with van der Waals surface area (Å²) >= 11 is 0. The van der Waals surface area contributed by atoms with Crippen LogP contribution >= 0.6 is 0 Å². The van der Waals surface area contributed by atoms with Crippen LogP contribution < -0.4 is 4.85 Å². The number of esters is 3. The summed E-state index contributed by atoms with van der Waals surface area (Å²) in [5, 5.41) is 15.9. The second kappa shape index (κ2) is 12.2. The van der Waals surface area contributed by atoms with E-state index in [4.69, 9.17) is 18.9 Å². The van der Waals surface area contributed by atoms with E-state index in [1.165, 1.54) is 18.3 Å². The van der Waals surface area contributed by atoms with Crippen LogP contribution in [0.15, 0.2) is 109 Å². The average molecular weight is 541 g/mol. The topological polar surface area (TPSA) is 128 Å². The first-order valence-corrected chi connectivity index (χ1v) is 12.5. The predicted molar refractivity (Wildman–Crippen MR) is 139 cm³/mol. The lowest BCUT2D eigenvalue weighted by atomic mass is 10.0. The summed E-state index contributed by atoms with van der Waals surface area (Å²) in [6, 6.07) is 27.8. The van der Waals surface area contributed by atoms with Crippen LogP contribution in [0.4, 0.5) is 0 Å². The fourth-order valence-corrected chi connectivity index (χ4v) is 4.27. The molecule has 4 aromatic rings. The second-order valence-electron chi connectivity index (χ2n) is 8.87. The van der Waals surface area contributed by atoms with Crippen molar-refractivity contribution in [3.05, 3.63) is 137 Å².